The molecule has 8 heteroatoms. The Hall–Kier alpha value is -2.51. The lowest BCUT2D eigenvalue weighted by Gasteiger charge is -2.39. The predicted octanol–water partition coefficient (Wildman–Crippen LogP) is 1.15. The van der Waals surface area contributed by atoms with E-state index in [1.165, 1.54) is 18.9 Å². The van der Waals surface area contributed by atoms with Crippen molar-refractivity contribution in [2.75, 3.05) is 39.3 Å². The monoisotopic (exact) mass is 362 g/mol. The molecule has 2 fully saturated rings. The molecule has 1 atom stereocenters. The number of amides is 4. The number of piperazine rings is 1. The maximum Gasteiger partial charge on any atom is 0.320 e. The van der Waals surface area contributed by atoms with Crippen molar-refractivity contribution in [1.82, 2.24) is 20.0 Å². The summed E-state index contributed by atoms with van der Waals surface area (Å²) in [7, 11) is 0. The quantitative estimate of drug-likeness (QED) is 0.874. The van der Waals surface area contributed by atoms with E-state index >= 15 is 0 Å². The molecule has 2 aliphatic heterocycles. The van der Waals surface area contributed by atoms with Crippen molar-refractivity contribution < 1.29 is 18.8 Å². The fourth-order valence-electron chi connectivity index (χ4n) is 3.41. The van der Waals surface area contributed by atoms with Crippen molar-refractivity contribution in [3.05, 3.63) is 24.2 Å². The number of carbonyl (C=O) groups excluding carboxylic acids is 3. The van der Waals surface area contributed by atoms with E-state index in [-0.39, 0.29) is 17.8 Å². The average molecular weight is 362 g/mol. The molecule has 2 saturated heterocycles. The maximum atomic E-state index is 12.6. The molecule has 3 rings (SSSR count). The van der Waals surface area contributed by atoms with Gasteiger partial charge in [-0.1, -0.05) is 0 Å². The Morgan fingerprint density at radius 3 is 2.19 bits per heavy atom. The number of rotatable bonds is 3. The van der Waals surface area contributed by atoms with E-state index in [4.69, 9.17) is 4.42 Å². The first kappa shape index (κ1) is 18.3. The molecule has 142 valence electrons. The van der Waals surface area contributed by atoms with Crippen molar-refractivity contribution in [3.8, 4) is 0 Å². The fourth-order valence-corrected chi connectivity index (χ4v) is 3.41. The lowest BCUT2D eigenvalue weighted by molar-refractivity contribution is -0.134. The van der Waals surface area contributed by atoms with E-state index in [9.17, 15) is 14.4 Å². The van der Waals surface area contributed by atoms with E-state index in [2.05, 4.69) is 5.32 Å². The SMILES string of the molecule is C[C@@H](NC(=O)c1ccoc1)C(=O)N1CCN(C(=O)N2CCCCC2)CC1. The molecule has 1 N–H and O–H groups in total. The lowest BCUT2D eigenvalue weighted by Crippen LogP contribution is -2.57. The first-order valence-corrected chi connectivity index (χ1v) is 9.22. The Kier molecular flexibility index (Phi) is 5.80. The molecule has 0 radical (unpaired) electrons. The summed E-state index contributed by atoms with van der Waals surface area (Å²) in [5.74, 6) is -0.467. The van der Waals surface area contributed by atoms with Gasteiger partial charge in [-0.25, -0.2) is 4.79 Å². The van der Waals surface area contributed by atoms with E-state index < -0.39 is 6.04 Å². The summed E-state index contributed by atoms with van der Waals surface area (Å²) in [4.78, 5) is 42.5. The van der Waals surface area contributed by atoms with Gasteiger partial charge in [0.2, 0.25) is 5.91 Å². The number of nitrogens with zero attached hydrogens (tertiary/aromatic N) is 3. The molecule has 0 saturated carbocycles. The van der Waals surface area contributed by atoms with Gasteiger partial charge in [0.1, 0.15) is 12.3 Å². The van der Waals surface area contributed by atoms with Gasteiger partial charge in [-0.3, -0.25) is 9.59 Å². The first-order valence-electron chi connectivity index (χ1n) is 9.22. The van der Waals surface area contributed by atoms with Crippen LogP contribution in [0.4, 0.5) is 4.79 Å². The average Bonchev–Trinajstić information content (AvgIpc) is 3.22. The molecule has 26 heavy (non-hydrogen) atoms. The van der Waals surface area contributed by atoms with Gasteiger partial charge < -0.3 is 24.4 Å². The molecule has 0 unspecified atom stereocenters. The molecule has 0 aromatic carbocycles. The Morgan fingerprint density at radius 2 is 1.58 bits per heavy atom. The molecule has 1 aromatic heterocycles. The van der Waals surface area contributed by atoms with Crippen LogP contribution in [0.1, 0.15) is 36.5 Å². The summed E-state index contributed by atoms with van der Waals surface area (Å²) in [6.07, 6.45) is 6.09. The van der Waals surface area contributed by atoms with E-state index in [0.29, 0.717) is 31.7 Å². The van der Waals surface area contributed by atoms with E-state index in [1.807, 2.05) is 9.80 Å². The number of furan rings is 1. The van der Waals surface area contributed by atoms with Gasteiger partial charge in [-0.15, -0.1) is 0 Å². The minimum Gasteiger partial charge on any atom is -0.472 e. The van der Waals surface area contributed by atoms with Gasteiger partial charge in [-0.05, 0) is 32.3 Å². The summed E-state index contributed by atoms with van der Waals surface area (Å²) in [6.45, 7) is 5.37. The largest absolute Gasteiger partial charge is 0.472 e. The molecular weight excluding hydrogens is 336 g/mol. The summed E-state index contributed by atoms with van der Waals surface area (Å²) < 4.78 is 4.88. The predicted molar refractivity (Wildman–Crippen MR) is 94.6 cm³/mol. The van der Waals surface area contributed by atoms with Crippen LogP contribution in [0.2, 0.25) is 0 Å². The standard InChI is InChI=1S/C18H26N4O4/c1-14(19-16(23)15-5-12-26-13-15)17(24)20-8-10-22(11-9-20)18(25)21-6-3-2-4-7-21/h5,12-14H,2-4,6-11H2,1H3,(H,19,23)/t14-/m1/s1. The molecule has 8 nitrogen and oxygen atoms in total. The fraction of sp³-hybridized carbons (Fsp3) is 0.611. The van der Waals surface area contributed by atoms with Gasteiger partial charge in [0.05, 0.1) is 11.8 Å². The Bertz CT molecular complexity index is 632. The Labute approximate surface area is 153 Å². The van der Waals surface area contributed by atoms with Gasteiger partial charge >= 0.3 is 6.03 Å². The van der Waals surface area contributed by atoms with Crippen molar-refractivity contribution in [2.45, 2.75) is 32.2 Å². The first-order chi connectivity index (χ1) is 12.6. The Morgan fingerprint density at radius 1 is 0.962 bits per heavy atom. The number of piperidine rings is 1. The highest BCUT2D eigenvalue weighted by atomic mass is 16.3. The Balaban J connectivity index is 1.46. The second-order valence-corrected chi connectivity index (χ2v) is 6.85. The molecule has 2 aliphatic rings. The second kappa shape index (κ2) is 8.25. The van der Waals surface area contributed by atoms with E-state index in [1.54, 1.807) is 17.9 Å². The van der Waals surface area contributed by atoms with Crippen LogP contribution in [0.25, 0.3) is 0 Å². The summed E-state index contributed by atoms with van der Waals surface area (Å²) in [5, 5.41) is 2.69. The lowest BCUT2D eigenvalue weighted by atomic mass is 10.1. The maximum absolute atomic E-state index is 12.6. The number of likely N-dealkylation sites (tertiary alicyclic amines) is 1. The highest BCUT2D eigenvalue weighted by molar-refractivity contribution is 5.97. The minimum atomic E-state index is -0.623. The van der Waals surface area contributed by atoms with Gasteiger partial charge in [0.15, 0.2) is 0 Å². The third kappa shape index (κ3) is 4.17. The van der Waals surface area contributed by atoms with Crippen LogP contribution in [0.5, 0.6) is 0 Å². The summed E-state index contributed by atoms with van der Waals surface area (Å²) >= 11 is 0. The minimum absolute atomic E-state index is 0.0816. The van der Waals surface area contributed by atoms with Crippen molar-refractivity contribution in [3.63, 3.8) is 0 Å². The normalized spacial score (nSPS) is 19.2. The van der Waals surface area contributed by atoms with Crippen LogP contribution in [0.3, 0.4) is 0 Å². The second-order valence-electron chi connectivity index (χ2n) is 6.85. The molecule has 0 aliphatic carbocycles. The number of hydrogen-bond donors (Lipinski definition) is 1. The van der Waals surface area contributed by atoms with Crippen molar-refractivity contribution >= 4 is 17.8 Å². The highest BCUT2D eigenvalue weighted by Crippen LogP contribution is 2.13. The van der Waals surface area contributed by atoms with Crippen LogP contribution in [0.15, 0.2) is 23.0 Å². The number of carbonyl (C=O) groups is 3. The zero-order chi connectivity index (χ0) is 18.5. The third-order valence-electron chi connectivity index (χ3n) is 4.99. The highest BCUT2D eigenvalue weighted by Gasteiger charge is 2.30. The molecule has 1 aromatic rings. The number of urea groups is 1. The van der Waals surface area contributed by atoms with Crippen LogP contribution >= 0.6 is 0 Å². The van der Waals surface area contributed by atoms with E-state index in [0.717, 1.165) is 25.9 Å². The van der Waals surface area contributed by atoms with Gasteiger partial charge in [0.25, 0.3) is 5.91 Å². The zero-order valence-electron chi connectivity index (χ0n) is 15.1. The van der Waals surface area contributed by atoms with Crippen LogP contribution in [-0.4, -0.2) is 77.9 Å². The molecule has 0 spiro atoms. The van der Waals surface area contributed by atoms with Gasteiger partial charge in [-0.2, -0.15) is 0 Å². The topological polar surface area (TPSA) is 86.1 Å². The molecular formula is C18H26N4O4. The summed E-state index contributed by atoms with van der Waals surface area (Å²) in [6, 6.07) is 1.01. The number of nitrogens with one attached hydrogen (secondary N) is 1. The van der Waals surface area contributed by atoms with Crippen molar-refractivity contribution in [1.29, 1.82) is 0 Å². The van der Waals surface area contributed by atoms with Crippen LogP contribution in [-0.2, 0) is 4.79 Å². The van der Waals surface area contributed by atoms with Crippen LogP contribution < -0.4 is 5.32 Å². The molecule has 3 heterocycles. The zero-order valence-corrected chi connectivity index (χ0v) is 15.1. The number of hydrogen-bond acceptors (Lipinski definition) is 4. The molecule has 4 amide bonds. The smallest absolute Gasteiger partial charge is 0.320 e. The molecule has 0 bridgehead atoms. The van der Waals surface area contributed by atoms with Crippen molar-refractivity contribution in [2.24, 2.45) is 0 Å². The summed E-state index contributed by atoms with van der Waals surface area (Å²) in [5.41, 5.74) is 0.390. The van der Waals surface area contributed by atoms with Crippen LogP contribution in [0, 0.1) is 0 Å². The third-order valence-corrected chi connectivity index (χ3v) is 4.99. The van der Waals surface area contributed by atoms with Gasteiger partial charge in [0, 0.05) is 39.3 Å².